The molecule has 0 aliphatic rings. The Morgan fingerprint density at radius 1 is 1.27 bits per heavy atom. The first kappa shape index (κ1) is 10.7. The maximum absolute atomic E-state index is 8.73. The molecular formula is C10H20O. The molecule has 11 heavy (non-hydrogen) atoms. The lowest BCUT2D eigenvalue weighted by Crippen LogP contribution is -2.11. The average Bonchev–Trinajstić information content (AvgIpc) is 1.87. The lowest BCUT2D eigenvalue weighted by molar-refractivity contribution is 0.213. The minimum Gasteiger partial charge on any atom is -0.396 e. The lowest BCUT2D eigenvalue weighted by atomic mass is 9.86. The summed E-state index contributed by atoms with van der Waals surface area (Å²) in [4.78, 5) is 0. The third kappa shape index (κ3) is 6.11. The zero-order valence-corrected chi connectivity index (χ0v) is 7.93. The zero-order valence-electron chi connectivity index (χ0n) is 7.93. The first-order chi connectivity index (χ1) is 5.12. The van der Waals surface area contributed by atoms with Crippen LogP contribution in [0.5, 0.6) is 0 Å². The molecule has 1 nitrogen and oxygen atoms in total. The fourth-order valence-electron chi connectivity index (χ4n) is 0.974. The van der Waals surface area contributed by atoms with Gasteiger partial charge < -0.3 is 5.11 Å². The van der Waals surface area contributed by atoms with Gasteiger partial charge in [0.2, 0.25) is 0 Å². The summed E-state index contributed by atoms with van der Waals surface area (Å²) in [5, 5.41) is 8.73. The van der Waals surface area contributed by atoms with Gasteiger partial charge in [0.15, 0.2) is 0 Å². The maximum Gasteiger partial charge on any atom is 0.0436 e. The quantitative estimate of drug-likeness (QED) is 0.607. The van der Waals surface area contributed by atoms with E-state index in [4.69, 9.17) is 5.11 Å². The van der Waals surface area contributed by atoms with Gasteiger partial charge in [0.1, 0.15) is 0 Å². The summed E-state index contributed by atoms with van der Waals surface area (Å²) in [6, 6.07) is 0. The summed E-state index contributed by atoms with van der Waals surface area (Å²) in [6.07, 6.45) is 7.45. The van der Waals surface area contributed by atoms with E-state index in [1.165, 1.54) is 0 Å². The van der Waals surface area contributed by atoms with Crippen molar-refractivity contribution in [2.75, 3.05) is 6.61 Å². The molecule has 0 aliphatic carbocycles. The second-order valence-corrected chi connectivity index (χ2v) is 3.72. The predicted molar refractivity (Wildman–Crippen MR) is 49.5 cm³/mol. The molecule has 0 aromatic heterocycles. The molecule has 0 amide bonds. The Morgan fingerprint density at radius 2 is 1.91 bits per heavy atom. The Morgan fingerprint density at radius 3 is 2.36 bits per heavy atom. The van der Waals surface area contributed by atoms with E-state index in [2.05, 4.69) is 32.9 Å². The van der Waals surface area contributed by atoms with Crippen LogP contribution in [0.15, 0.2) is 12.2 Å². The van der Waals surface area contributed by atoms with E-state index >= 15 is 0 Å². The van der Waals surface area contributed by atoms with E-state index in [9.17, 15) is 0 Å². The van der Waals surface area contributed by atoms with Gasteiger partial charge >= 0.3 is 0 Å². The number of hydrogen-bond acceptors (Lipinski definition) is 1. The van der Waals surface area contributed by atoms with Crippen LogP contribution in [0.3, 0.4) is 0 Å². The molecule has 0 rings (SSSR count). The number of allylic oxidation sites excluding steroid dienone is 2. The van der Waals surface area contributed by atoms with E-state index < -0.39 is 0 Å². The molecule has 1 heteroatoms. The second kappa shape index (κ2) is 5.36. The molecule has 0 heterocycles. The Labute approximate surface area is 70.1 Å². The van der Waals surface area contributed by atoms with Crippen molar-refractivity contribution in [3.8, 4) is 0 Å². The van der Waals surface area contributed by atoms with Crippen LogP contribution in [0, 0.1) is 5.41 Å². The van der Waals surface area contributed by atoms with Gasteiger partial charge in [0.05, 0.1) is 0 Å². The predicted octanol–water partition coefficient (Wildman–Crippen LogP) is 2.75. The smallest absolute Gasteiger partial charge is 0.0436 e. The monoisotopic (exact) mass is 156 g/mol. The Hall–Kier alpha value is -0.300. The van der Waals surface area contributed by atoms with Gasteiger partial charge in [-0.05, 0) is 24.7 Å². The van der Waals surface area contributed by atoms with E-state index in [1.54, 1.807) is 0 Å². The van der Waals surface area contributed by atoms with Gasteiger partial charge in [-0.25, -0.2) is 0 Å². The summed E-state index contributed by atoms with van der Waals surface area (Å²) in [5.74, 6) is 0. The van der Waals surface area contributed by atoms with E-state index in [-0.39, 0.29) is 5.41 Å². The molecule has 0 saturated heterocycles. The minimum absolute atomic E-state index is 0.264. The van der Waals surface area contributed by atoms with E-state index in [1.807, 2.05) is 0 Å². The first-order valence-electron chi connectivity index (χ1n) is 4.38. The lowest BCUT2D eigenvalue weighted by Gasteiger charge is -2.21. The highest BCUT2D eigenvalue weighted by atomic mass is 16.3. The zero-order chi connectivity index (χ0) is 8.74. The summed E-state index contributed by atoms with van der Waals surface area (Å²) in [5.41, 5.74) is 0.264. The third-order valence-corrected chi connectivity index (χ3v) is 1.86. The SMILES string of the molecule is CCC=CCC(C)(C)CCO. The van der Waals surface area contributed by atoms with E-state index in [0.717, 1.165) is 19.3 Å². The second-order valence-electron chi connectivity index (χ2n) is 3.72. The molecule has 0 atom stereocenters. The van der Waals surface area contributed by atoms with Crippen LogP contribution in [-0.2, 0) is 0 Å². The molecule has 0 fully saturated rings. The van der Waals surface area contributed by atoms with Crippen LogP contribution in [0.2, 0.25) is 0 Å². The Balaban J connectivity index is 3.62. The number of hydrogen-bond donors (Lipinski definition) is 1. The van der Waals surface area contributed by atoms with Crippen molar-refractivity contribution >= 4 is 0 Å². The molecular weight excluding hydrogens is 136 g/mol. The molecule has 0 radical (unpaired) electrons. The molecule has 1 N–H and O–H groups in total. The summed E-state index contributed by atoms with van der Waals surface area (Å²) < 4.78 is 0. The fourth-order valence-corrected chi connectivity index (χ4v) is 0.974. The molecule has 0 bridgehead atoms. The molecule has 0 unspecified atom stereocenters. The van der Waals surface area contributed by atoms with Crippen molar-refractivity contribution in [1.82, 2.24) is 0 Å². The summed E-state index contributed by atoms with van der Waals surface area (Å²) in [7, 11) is 0. The fraction of sp³-hybridized carbons (Fsp3) is 0.800. The van der Waals surface area contributed by atoms with Gasteiger partial charge in [-0.15, -0.1) is 0 Å². The van der Waals surface area contributed by atoms with Gasteiger partial charge in [-0.1, -0.05) is 32.9 Å². The largest absolute Gasteiger partial charge is 0.396 e. The molecule has 0 aromatic carbocycles. The topological polar surface area (TPSA) is 20.2 Å². The highest BCUT2D eigenvalue weighted by Crippen LogP contribution is 2.24. The normalized spacial score (nSPS) is 12.7. The first-order valence-corrected chi connectivity index (χ1v) is 4.38. The van der Waals surface area contributed by atoms with Crippen LogP contribution < -0.4 is 0 Å². The van der Waals surface area contributed by atoms with Crippen molar-refractivity contribution in [2.24, 2.45) is 5.41 Å². The molecule has 0 aromatic rings. The summed E-state index contributed by atoms with van der Waals surface area (Å²) >= 11 is 0. The molecule has 0 spiro atoms. The van der Waals surface area contributed by atoms with Crippen molar-refractivity contribution in [3.05, 3.63) is 12.2 Å². The van der Waals surface area contributed by atoms with E-state index in [0.29, 0.717) is 6.61 Å². The highest BCUT2D eigenvalue weighted by molar-refractivity contribution is 4.86. The molecule has 66 valence electrons. The Bertz CT molecular complexity index is 114. The van der Waals surface area contributed by atoms with Gasteiger partial charge in [-0.3, -0.25) is 0 Å². The average molecular weight is 156 g/mol. The summed E-state index contributed by atoms with van der Waals surface area (Å²) in [6.45, 7) is 6.80. The van der Waals surface area contributed by atoms with Crippen molar-refractivity contribution < 1.29 is 5.11 Å². The minimum atomic E-state index is 0.264. The van der Waals surface area contributed by atoms with Crippen LogP contribution in [0.4, 0.5) is 0 Å². The van der Waals surface area contributed by atoms with Gasteiger partial charge in [0, 0.05) is 6.61 Å². The highest BCUT2D eigenvalue weighted by Gasteiger charge is 2.14. The van der Waals surface area contributed by atoms with Gasteiger partial charge in [0.25, 0.3) is 0 Å². The molecule has 0 saturated carbocycles. The Kier molecular flexibility index (Phi) is 5.22. The third-order valence-electron chi connectivity index (χ3n) is 1.86. The van der Waals surface area contributed by atoms with Crippen LogP contribution in [0.1, 0.15) is 40.0 Å². The van der Waals surface area contributed by atoms with Crippen molar-refractivity contribution in [3.63, 3.8) is 0 Å². The maximum atomic E-state index is 8.73. The van der Waals surface area contributed by atoms with Crippen LogP contribution in [0.25, 0.3) is 0 Å². The van der Waals surface area contributed by atoms with Crippen LogP contribution >= 0.6 is 0 Å². The number of aliphatic hydroxyl groups excluding tert-OH is 1. The van der Waals surface area contributed by atoms with Gasteiger partial charge in [-0.2, -0.15) is 0 Å². The molecule has 0 aliphatic heterocycles. The number of rotatable bonds is 5. The van der Waals surface area contributed by atoms with Crippen LogP contribution in [-0.4, -0.2) is 11.7 Å². The van der Waals surface area contributed by atoms with Crippen molar-refractivity contribution in [2.45, 2.75) is 40.0 Å². The standard InChI is InChI=1S/C10H20O/c1-4-5-6-7-10(2,3)8-9-11/h5-6,11H,4,7-9H2,1-3H3. The van der Waals surface area contributed by atoms with Crippen molar-refractivity contribution in [1.29, 1.82) is 0 Å². The number of aliphatic hydroxyl groups is 1.